The molecular formula is C20H22FN3O2. The first kappa shape index (κ1) is 18.0. The number of nitrogens with zero attached hydrogens (tertiary/aromatic N) is 2. The number of likely N-dealkylation sites (tertiary alicyclic amines) is 1. The third-order valence-electron chi connectivity index (χ3n) is 4.69. The molecule has 1 aromatic carbocycles. The highest BCUT2D eigenvalue weighted by molar-refractivity contribution is 5.94. The average molecular weight is 355 g/mol. The molecule has 1 N–H and O–H groups in total. The summed E-state index contributed by atoms with van der Waals surface area (Å²) in [7, 11) is 0. The van der Waals surface area contributed by atoms with Crippen molar-refractivity contribution in [2.75, 3.05) is 13.1 Å². The number of amides is 2. The zero-order chi connectivity index (χ0) is 18.5. The Balaban J connectivity index is 1.80. The number of carbonyl (C=O) groups is 2. The van der Waals surface area contributed by atoms with Crippen LogP contribution in [0, 0.1) is 11.7 Å². The van der Waals surface area contributed by atoms with Crippen LogP contribution in [-0.2, 0) is 4.79 Å². The summed E-state index contributed by atoms with van der Waals surface area (Å²) in [6, 6.07) is 11.3. The molecule has 5 nitrogen and oxygen atoms in total. The van der Waals surface area contributed by atoms with Gasteiger partial charge in [0.25, 0.3) is 5.91 Å². The van der Waals surface area contributed by atoms with Gasteiger partial charge >= 0.3 is 0 Å². The maximum atomic E-state index is 14.0. The molecule has 2 amide bonds. The van der Waals surface area contributed by atoms with Crippen LogP contribution >= 0.6 is 0 Å². The van der Waals surface area contributed by atoms with Gasteiger partial charge in [-0.05, 0) is 37.1 Å². The second-order valence-electron chi connectivity index (χ2n) is 6.57. The second-order valence-corrected chi connectivity index (χ2v) is 6.57. The molecule has 2 heterocycles. The van der Waals surface area contributed by atoms with Gasteiger partial charge < -0.3 is 10.2 Å². The fourth-order valence-corrected chi connectivity index (χ4v) is 3.48. The molecule has 1 saturated heterocycles. The summed E-state index contributed by atoms with van der Waals surface area (Å²) < 4.78 is 14.0. The van der Waals surface area contributed by atoms with Crippen molar-refractivity contribution in [2.45, 2.75) is 25.8 Å². The van der Waals surface area contributed by atoms with Crippen LogP contribution in [0.3, 0.4) is 0 Å². The van der Waals surface area contributed by atoms with Gasteiger partial charge in [-0.3, -0.25) is 14.6 Å². The highest BCUT2D eigenvalue weighted by Gasteiger charge is 2.32. The number of carbonyl (C=O) groups excluding carboxylic acids is 2. The first-order valence-electron chi connectivity index (χ1n) is 8.78. The van der Waals surface area contributed by atoms with E-state index in [0.717, 1.165) is 18.5 Å². The topological polar surface area (TPSA) is 62.3 Å². The molecule has 2 atom stereocenters. The number of hydrogen-bond donors (Lipinski definition) is 1. The maximum absolute atomic E-state index is 14.0. The van der Waals surface area contributed by atoms with E-state index >= 15 is 0 Å². The summed E-state index contributed by atoms with van der Waals surface area (Å²) in [5.74, 6) is -0.936. The molecule has 1 aliphatic heterocycles. The van der Waals surface area contributed by atoms with Crippen LogP contribution in [0.5, 0.6) is 0 Å². The monoisotopic (exact) mass is 355 g/mol. The average Bonchev–Trinajstić information content (AvgIpc) is 2.66. The van der Waals surface area contributed by atoms with E-state index in [0.29, 0.717) is 13.1 Å². The van der Waals surface area contributed by atoms with Gasteiger partial charge in [-0.1, -0.05) is 18.2 Å². The van der Waals surface area contributed by atoms with Crippen molar-refractivity contribution in [1.82, 2.24) is 15.2 Å². The maximum Gasteiger partial charge on any atom is 0.256 e. The van der Waals surface area contributed by atoms with Crippen molar-refractivity contribution >= 4 is 11.8 Å². The van der Waals surface area contributed by atoms with E-state index in [1.165, 1.54) is 19.1 Å². The molecule has 0 aliphatic carbocycles. The van der Waals surface area contributed by atoms with Crippen molar-refractivity contribution in [1.29, 1.82) is 0 Å². The Morgan fingerprint density at radius 2 is 2.00 bits per heavy atom. The smallest absolute Gasteiger partial charge is 0.256 e. The quantitative estimate of drug-likeness (QED) is 0.917. The number of piperidine rings is 1. The fourth-order valence-electron chi connectivity index (χ4n) is 3.48. The number of halogens is 1. The number of rotatable bonds is 4. The number of benzene rings is 1. The summed E-state index contributed by atoms with van der Waals surface area (Å²) in [6.45, 7) is 2.51. The highest BCUT2D eigenvalue weighted by atomic mass is 19.1. The van der Waals surface area contributed by atoms with Crippen LogP contribution in [0.2, 0.25) is 0 Å². The van der Waals surface area contributed by atoms with Gasteiger partial charge in [0.1, 0.15) is 5.82 Å². The van der Waals surface area contributed by atoms with Crippen molar-refractivity contribution < 1.29 is 14.0 Å². The van der Waals surface area contributed by atoms with E-state index in [4.69, 9.17) is 0 Å². The molecule has 0 bridgehead atoms. The van der Waals surface area contributed by atoms with E-state index in [-0.39, 0.29) is 29.3 Å². The first-order chi connectivity index (χ1) is 12.6. The van der Waals surface area contributed by atoms with Gasteiger partial charge in [0.2, 0.25) is 5.91 Å². The summed E-state index contributed by atoms with van der Waals surface area (Å²) in [5, 5.41) is 2.96. The molecule has 2 aromatic rings. The fraction of sp³-hybridized carbons (Fsp3) is 0.350. The molecule has 1 fully saturated rings. The number of aromatic nitrogens is 1. The summed E-state index contributed by atoms with van der Waals surface area (Å²) in [4.78, 5) is 30.5. The minimum Gasteiger partial charge on any atom is -0.348 e. The third-order valence-corrected chi connectivity index (χ3v) is 4.69. The Hall–Kier alpha value is -2.76. The Morgan fingerprint density at radius 3 is 2.69 bits per heavy atom. The molecular weight excluding hydrogens is 333 g/mol. The lowest BCUT2D eigenvalue weighted by atomic mass is 9.88. The van der Waals surface area contributed by atoms with Crippen molar-refractivity contribution in [2.24, 2.45) is 5.92 Å². The molecule has 1 aliphatic rings. The number of nitrogens with one attached hydrogen (secondary N) is 1. The van der Waals surface area contributed by atoms with Crippen molar-refractivity contribution in [3.63, 3.8) is 0 Å². The number of pyridine rings is 1. The van der Waals surface area contributed by atoms with Gasteiger partial charge in [0.05, 0.1) is 17.3 Å². The van der Waals surface area contributed by atoms with Crippen molar-refractivity contribution in [3.05, 3.63) is 65.7 Å². The first-order valence-corrected chi connectivity index (χ1v) is 8.78. The third kappa shape index (κ3) is 4.07. The van der Waals surface area contributed by atoms with Gasteiger partial charge in [0.15, 0.2) is 0 Å². The largest absolute Gasteiger partial charge is 0.348 e. The van der Waals surface area contributed by atoms with Crippen LogP contribution in [0.15, 0.2) is 48.7 Å². The molecule has 0 saturated carbocycles. The molecule has 0 radical (unpaired) electrons. The predicted molar refractivity (Wildman–Crippen MR) is 95.8 cm³/mol. The molecule has 0 unspecified atom stereocenters. The molecule has 0 spiro atoms. The van der Waals surface area contributed by atoms with E-state index in [2.05, 4.69) is 10.3 Å². The summed E-state index contributed by atoms with van der Waals surface area (Å²) in [6.07, 6.45) is 3.35. The Labute approximate surface area is 152 Å². The van der Waals surface area contributed by atoms with Crippen LogP contribution < -0.4 is 5.32 Å². The Kier molecular flexibility index (Phi) is 5.61. The van der Waals surface area contributed by atoms with E-state index in [1.807, 2.05) is 18.2 Å². The standard InChI is InChI=1S/C20H22FN3O2/c1-14(25)23-19(18-10-4-5-11-22-18)15-7-6-12-24(13-15)20(26)16-8-2-3-9-17(16)21/h2-5,8-11,15,19H,6-7,12-13H2,1H3,(H,23,25)/t15-,19-/m1/s1. The second kappa shape index (κ2) is 8.08. The van der Waals surface area contributed by atoms with Gasteiger partial charge in [-0.2, -0.15) is 0 Å². The van der Waals surface area contributed by atoms with E-state index in [9.17, 15) is 14.0 Å². The SMILES string of the molecule is CC(=O)N[C@@H](c1ccccn1)[C@@H]1CCCN(C(=O)c2ccccc2F)C1. The highest BCUT2D eigenvalue weighted by Crippen LogP contribution is 2.30. The van der Waals surface area contributed by atoms with Crippen LogP contribution in [0.1, 0.15) is 41.9 Å². The lowest BCUT2D eigenvalue weighted by Gasteiger charge is -2.37. The van der Waals surface area contributed by atoms with E-state index < -0.39 is 5.82 Å². The molecule has 136 valence electrons. The molecule has 1 aromatic heterocycles. The van der Waals surface area contributed by atoms with Crippen LogP contribution in [0.25, 0.3) is 0 Å². The Morgan fingerprint density at radius 1 is 1.23 bits per heavy atom. The van der Waals surface area contributed by atoms with Crippen LogP contribution in [-0.4, -0.2) is 34.8 Å². The molecule has 6 heteroatoms. The Bertz CT molecular complexity index is 782. The predicted octanol–water partition coefficient (Wildman–Crippen LogP) is 2.95. The lowest BCUT2D eigenvalue weighted by Crippen LogP contribution is -2.45. The summed E-state index contributed by atoms with van der Waals surface area (Å²) >= 11 is 0. The zero-order valence-corrected chi connectivity index (χ0v) is 14.7. The van der Waals surface area contributed by atoms with Crippen molar-refractivity contribution in [3.8, 4) is 0 Å². The van der Waals surface area contributed by atoms with Gasteiger partial charge in [-0.25, -0.2) is 4.39 Å². The molecule has 3 rings (SSSR count). The normalized spacial score (nSPS) is 18.2. The molecule has 26 heavy (non-hydrogen) atoms. The minimum atomic E-state index is -0.511. The van der Waals surface area contributed by atoms with Gasteiger partial charge in [0, 0.05) is 32.1 Å². The lowest BCUT2D eigenvalue weighted by molar-refractivity contribution is -0.120. The van der Waals surface area contributed by atoms with Crippen LogP contribution in [0.4, 0.5) is 4.39 Å². The van der Waals surface area contributed by atoms with Gasteiger partial charge in [-0.15, -0.1) is 0 Å². The number of hydrogen-bond acceptors (Lipinski definition) is 3. The summed E-state index contributed by atoms with van der Waals surface area (Å²) in [5.41, 5.74) is 0.856. The van der Waals surface area contributed by atoms with E-state index in [1.54, 1.807) is 23.2 Å². The zero-order valence-electron chi connectivity index (χ0n) is 14.7. The minimum absolute atomic E-state index is 0.0262.